The van der Waals surface area contributed by atoms with Crippen LogP contribution < -0.4 is 5.32 Å². The van der Waals surface area contributed by atoms with Crippen molar-refractivity contribution >= 4 is 27.3 Å². The van der Waals surface area contributed by atoms with Crippen LogP contribution in [-0.2, 0) is 6.42 Å². The smallest absolute Gasteiger partial charge is 0.0348 e. The summed E-state index contributed by atoms with van der Waals surface area (Å²) >= 11 is 5.39. The second kappa shape index (κ2) is 5.80. The molecule has 1 nitrogen and oxygen atoms in total. The third-order valence-corrected chi connectivity index (χ3v) is 4.41. The van der Waals surface area contributed by atoms with Gasteiger partial charge in [0.05, 0.1) is 0 Å². The Bertz CT molecular complexity index is 505. The highest BCUT2D eigenvalue weighted by atomic mass is 79.9. The monoisotopic (exact) mass is 309 g/mol. The van der Waals surface area contributed by atoms with Crippen molar-refractivity contribution in [3.05, 3.63) is 45.2 Å². The molecule has 2 rings (SSSR count). The Morgan fingerprint density at radius 3 is 2.76 bits per heavy atom. The van der Waals surface area contributed by atoms with Crippen LogP contribution in [0.5, 0.6) is 0 Å². The average Bonchev–Trinajstić information content (AvgIpc) is 2.75. The maximum Gasteiger partial charge on any atom is 0.0348 e. The number of nitrogens with one attached hydrogen (secondary N) is 1. The van der Waals surface area contributed by atoms with E-state index in [1.165, 1.54) is 20.9 Å². The molecule has 2 aromatic rings. The lowest BCUT2D eigenvalue weighted by molar-refractivity contribution is 0.799. The normalized spacial score (nSPS) is 10.8. The van der Waals surface area contributed by atoms with Gasteiger partial charge in [-0.2, -0.15) is 0 Å². The number of thiophene rings is 1. The first-order valence-electron chi connectivity index (χ1n) is 5.70. The average molecular weight is 310 g/mol. The van der Waals surface area contributed by atoms with E-state index in [-0.39, 0.29) is 0 Å². The summed E-state index contributed by atoms with van der Waals surface area (Å²) in [5, 5.41) is 3.18. The van der Waals surface area contributed by atoms with E-state index in [1.54, 1.807) is 0 Å². The predicted octanol–water partition coefficient (Wildman–Crippen LogP) is 4.25. The van der Waals surface area contributed by atoms with Gasteiger partial charge < -0.3 is 5.32 Å². The highest BCUT2D eigenvalue weighted by Gasteiger charge is 2.05. The van der Waals surface area contributed by atoms with Gasteiger partial charge in [-0.25, -0.2) is 0 Å². The van der Waals surface area contributed by atoms with Crippen LogP contribution >= 0.6 is 27.3 Å². The van der Waals surface area contributed by atoms with E-state index in [0.29, 0.717) is 0 Å². The molecular weight excluding hydrogens is 294 g/mol. The van der Waals surface area contributed by atoms with E-state index in [9.17, 15) is 0 Å². The molecular formula is C14H16BrNS. The largest absolute Gasteiger partial charge is 0.319 e. The van der Waals surface area contributed by atoms with Gasteiger partial charge in [-0.1, -0.05) is 22.0 Å². The molecule has 1 aromatic heterocycles. The van der Waals surface area contributed by atoms with Crippen molar-refractivity contribution in [1.29, 1.82) is 0 Å². The van der Waals surface area contributed by atoms with Crippen LogP contribution in [0.25, 0.3) is 10.4 Å². The Hall–Kier alpha value is -0.640. The van der Waals surface area contributed by atoms with Crippen LogP contribution in [0.4, 0.5) is 0 Å². The molecule has 0 spiro atoms. The predicted molar refractivity (Wildman–Crippen MR) is 79.8 cm³/mol. The molecule has 0 unspecified atom stereocenters. The Balaban J connectivity index is 2.24. The van der Waals surface area contributed by atoms with Crippen molar-refractivity contribution in [2.75, 3.05) is 13.6 Å². The van der Waals surface area contributed by atoms with Gasteiger partial charge in [0, 0.05) is 14.2 Å². The summed E-state index contributed by atoms with van der Waals surface area (Å²) in [4.78, 5) is 2.80. The van der Waals surface area contributed by atoms with Crippen molar-refractivity contribution in [1.82, 2.24) is 5.32 Å². The summed E-state index contributed by atoms with van der Waals surface area (Å²) in [6.45, 7) is 3.20. The quantitative estimate of drug-likeness (QED) is 0.890. The standard InChI is InChI=1S/C14H16BrNS/c1-10-9-11(15)3-5-13(10)14-6-4-12(17-14)7-8-16-2/h3-6,9,16H,7-8H2,1-2H3. The number of rotatable bonds is 4. The Kier molecular flexibility index (Phi) is 4.37. The van der Waals surface area contributed by atoms with Crippen LogP contribution in [0, 0.1) is 6.92 Å². The third kappa shape index (κ3) is 3.18. The van der Waals surface area contributed by atoms with Crippen LogP contribution in [0.1, 0.15) is 10.4 Å². The molecule has 90 valence electrons. The lowest BCUT2D eigenvalue weighted by Crippen LogP contribution is -2.09. The van der Waals surface area contributed by atoms with Gasteiger partial charge in [0.1, 0.15) is 0 Å². The van der Waals surface area contributed by atoms with E-state index in [4.69, 9.17) is 0 Å². The molecule has 17 heavy (non-hydrogen) atoms. The van der Waals surface area contributed by atoms with Crippen LogP contribution in [0.2, 0.25) is 0 Å². The first-order chi connectivity index (χ1) is 8.20. The first-order valence-corrected chi connectivity index (χ1v) is 7.31. The SMILES string of the molecule is CNCCc1ccc(-c2ccc(Br)cc2C)s1. The van der Waals surface area contributed by atoms with Gasteiger partial charge in [0.15, 0.2) is 0 Å². The molecule has 1 aromatic carbocycles. The van der Waals surface area contributed by atoms with E-state index >= 15 is 0 Å². The number of aryl methyl sites for hydroxylation is 1. The summed E-state index contributed by atoms with van der Waals surface area (Å²) < 4.78 is 1.14. The van der Waals surface area contributed by atoms with Crippen molar-refractivity contribution < 1.29 is 0 Å². The maximum absolute atomic E-state index is 3.50. The number of benzene rings is 1. The summed E-state index contributed by atoms with van der Waals surface area (Å²) in [6.07, 6.45) is 1.11. The fourth-order valence-corrected chi connectivity index (χ4v) is 3.38. The molecule has 0 saturated carbocycles. The van der Waals surface area contributed by atoms with E-state index in [1.807, 2.05) is 18.4 Å². The molecule has 0 radical (unpaired) electrons. The fourth-order valence-electron chi connectivity index (χ4n) is 1.81. The number of hydrogen-bond donors (Lipinski definition) is 1. The minimum atomic E-state index is 1.04. The van der Waals surface area contributed by atoms with E-state index in [2.05, 4.69) is 58.5 Å². The molecule has 1 heterocycles. The molecule has 0 atom stereocenters. The van der Waals surface area contributed by atoms with Crippen molar-refractivity contribution in [2.24, 2.45) is 0 Å². The lowest BCUT2D eigenvalue weighted by atomic mass is 10.1. The molecule has 0 aliphatic heterocycles. The fraction of sp³-hybridized carbons (Fsp3) is 0.286. The van der Waals surface area contributed by atoms with Crippen LogP contribution in [-0.4, -0.2) is 13.6 Å². The number of halogens is 1. The molecule has 3 heteroatoms. The Morgan fingerprint density at radius 2 is 2.06 bits per heavy atom. The van der Waals surface area contributed by atoms with Crippen molar-refractivity contribution in [3.8, 4) is 10.4 Å². The molecule has 0 bridgehead atoms. The highest BCUT2D eigenvalue weighted by Crippen LogP contribution is 2.32. The Morgan fingerprint density at radius 1 is 1.24 bits per heavy atom. The summed E-state index contributed by atoms with van der Waals surface area (Å²) in [6, 6.07) is 10.9. The molecule has 0 saturated heterocycles. The molecule has 1 N–H and O–H groups in total. The minimum absolute atomic E-state index is 1.04. The van der Waals surface area contributed by atoms with Gasteiger partial charge in [0.25, 0.3) is 0 Å². The van der Waals surface area contributed by atoms with E-state index < -0.39 is 0 Å². The van der Waals surface area contributed by atoms with Crippen molar-refractivity contribution in [3.63, 3.8) is 0 Å². The first kappa shape index (κ1) is 12.8. The summed E-state index contributed by atoms with van der Waals surface area (Å²) in [7, 11) is 1.99. The van der Waals surface area contributed by atoms with Gasteiger partial charge in [0.2, 0.25) is 0 Å². The van der Waals surface area contributed by atoms with Crippen LogP contribution in [0.3, 0.4) is 0 Å². The zero-order chi connectivity index (χ0) is 12.3. The van der Waals surface area contributed by atoms with Gasteiger partial charge in [-0.3, -0.25) is 0 Å². The number of hydrogen-bond acceptors (Lipinski definition) is 2. The van der Waals surface area contributed by atoms with Crippen LogP contribution in [0.15, 0.2) is 34.8 Å². The zero-order valence-electron chi connectivity index (χ0n) is 10.1. The minimum Gasteiger partial charge on any atom is -0.319 e. The van der Waals surface area contributed by atoms with Gasteiger partial charge >= 0.3 is 0 Å². The van der Waals surface area contributed by atoms with Gasteiger partial charge in [-0.15, -0.1) is 11.3 Å². The second-order valence-electron chi connectivity index (χ2n) is 4.08. The topological polar surface area (TPSA) is 12.0 Å². The molecule has 0 fully saturated rings. The van der Waals surface area contributed by atoms with Gasteiger partial charge in [-0.05, 0) is 62.3 Å². The van der Waals surface area contributed by atoms with Crippen molar-refractivity contribution in [2.45, 2.75) is 13.3 Å². The molecule has 0 aliphatic rings. The molecule has 0 amide bonds. The highest BCUT2D eigenvalue weighted by molar-refractivity contribution is 9.10. The maximum atomic E-state index is 3.50. The third-order valence-electron chi connectivity index (χ3n) is 2.74. The summed E-state index contributed by atoms with van der Waals surface area (Å²) in [5.41, 5.74) is 2.66. The number of likely N-dealkylation sites (N-methyl/N-ethyl adjacent to an activating group) is 1. The lowest BCUT2D eigenvalue weighted by Gasteiger charge is -2.03. The summed E-state index contributed by atoms with van der Waals surface area (Å²) in [5.74, 6) is 0. The Labute approximate surface area is 115 Å². The molecule has 0 aliphatic carbocycles. The zero-order valence-corrected chi connectivity index (χ0v) is 12.5. The van der Waals surface area contributed by atoms with E-state index in [0.717, 1.165) is 17.4 Å². The second-order valence-corrected chi connectivity index (χ2v) is 6.16.